The Bertz CT molecular complexity index is 723. The fraction of sp³-hybridized carbons (Fsp3) is 0.562. The molecule has 1 aliphatic carbocycles. The van der Waals surface area contributed by atoms with Crippen molar-refractivity contribution in [2.24, 2.45) is 5.92 Å². The topological polar surface area (TPSA) is 73.0 Å². The number of likely N-dealkylation sites (N-methyl/N-ethyl adjacent to an activating group) is 1. The predicted octanol–water partition coefficient (Wildman–Crippen LogP) is 1.57. The van der Waals surface area contributed by atoms with Gasteiger partial charge in [-0.3, -0.25) is 5.10 Å². The molecule has 2 atom stereocenters. The molecule has 3 fully saturated rings. The second-order valence-electron chi connectivity index (χ2n) is 7.02. The van der Waals surface area contributed by atoms with Crippen LogP contribution >= 0.6 is 0 Å². The van der Waals surface area contributed by atoms with E-state index in [0.717, 1.165) is 36.6 Å². The molecular weight excluding hydrogens is 290 g/mol. The highest BCUT2D eigenvalue weighted by Crippen LogP contribution is 2.39. The third-order valence-electron chi connectivity index (χ3n) is 5.29. The van der Waals surface area contributed by atoms with Crippen LogP contribution in [0.5, 0.6) is 0 Å². The highest BCUT2D eigenvalue weighted by Gasteiger charge is 2.44. The van der Waals surface area contributed by atoms with Gasteiger partial charge in [0.25, 0.3) is 0 Å². The first-order valence-corrected chi connectivity index (χ1v) is 8.37. The van der Waals surface area contributed by atoms with E-state index in [1.54, 1.807) is 0 Å². The van der Waals surface area contributed by atoms with Crippen LogP contribution in [0.2, 0.25) is 0 Å². The Morgan fingerprint density at radius 2 is 2.13 bits per heavy atom. The van der Waals surface area contributed by atoms with E-state index in [1.807, 2.05) is 12.3 Å². The first kappa shape index (κ1) is 13.3. The number of hydrogen-bond acceptors (Lipinski definition) is 6. The Labute approximate surface area is 135 Å². The predicted molar refractivity (Wildman–Crippen MR) is 88.0 cm³/mol. The second kappa shape index (κ2) is 4.92. The number of nitrogens with zero attached hydrogens (tertiary/aromatic N) is 5. The zero-order valence-corrected chi connectivity index (χ0v) is 13.2. The molecule has 120 valence electrons. The summed E-state index contributed by atoms with van der Waals surface area (Å²) in [6.07, 6.45) is 4.36. The lowest BCUT2D eigenvalue weighted by molar-refractivity contribution is 0.0827. The van der Waals surface area contributed by atoms with E-state index >= 15 is 0 Å². The summed E-state index contributed by atoms with van der Waals surface area (Å²) in [4.78, 5) is 13.8. The first-order chi connectivity index (χ1) is 11.3. The molecule has 4 heterocycles. The van der Waals surface area contributed by atoms with Crippen LogP contribution in [0.1, 0.15) is 24.5 Å². The number of aromatic nitrogens is 4. The van der Waals surface area contributed by atoms with Gasteiger partial charge in [0.05, 0.1) is 0 Å². The van der Waals surface area contributed by atoms with Crippen LogP contribution in [0.15, 0.2) is 18.3 Å². The Hall–Kier alpha value is -2.15. The minimum atomic E-state index is 0.669. The summed E-state index contributed by atoms with van der Waals surface area (Å²) in [6.45, 7) is 3.28. The van der Waals surface area contributed by atoms with E-state index in [0.29, 0.717) is 12.0 Å². The number of aromatic amines is 1. The molecule has 0 amide bonds. The van der Waals surface area contributed by atoms with E-state index < -0.39 is 0 Å². The minimum Gasteiger partial charge on any atom is -0.339 e. The van der Waals surface area contributed by atoms with Crippen molar-refractivity contribution < 1.29 is 0 Å². The zero-order valence-electron chi connectivity index (χ0n) is 13.2. The fourth-order valence-corrected chi connectivity index (χ4v) is 3.77. The number of H-pyrrole nitrogens is 1. The van der Waals surface area contributed by atoms with E-state index in [9.17, 15) is 0 Å². The lowest BCUT2D eigenvalue weighted by Gasteiger charge is -2.40. The van der Waals surface area contributed by atoms with E-state index in [-0.39, 0.29) is 0 Å². The molecule has 2 N–H and O–H groups in total. The van der Waals surface area contributed by atoms with E-state index in [1.165, 1.54) is 25.1 Å². The summed E-state index contributed by atoms with van der Waals surface area (Å²) in [6, 6.07) is 4.65. The maximum Gasteiger partial charge on any atom is 0.227 e. The van der Waals surface area contributed by atoms with Gasteiger partial charge in [0.1, 0.15) is 5.82 Å². The molecule has 2 aromatic rings. The molecule has 0 unspecified atom stereocenters. The van der Waals surface area contributed by atoms with Crippen LogP contribution in [0.4, 0.5) is 17.6 Å². The van der Waals surface area contributed by atoms with Crippen LogP contribution < -0.4 is 10.2 Å². The number of hydrogen-bond donors (Lipinski definition) is 2. The van der Waals surface area contributed by atoms with E-state index in [4.69, 9.17) is 0 Å². The SMILES string of the molecule is CN1C[C@@H]2CN(c3nccc(Nc4cc(C5CC5)[nH]n4)n3)C[C@@H]21. The summed E-state index contributed by atoms with van der Waals surface area (Å²) < 4.78 is 0. The van der Waals surface area contributed by atoms with Crippen LogP contribution in [0.3, 0.4) is 0 Å². The summed E-state index contributed by atoms with van der Waals surface area (Å²) in [7, 11) is 2.19. The summed E-state index contributed by atoms with van der Waals surface area (Å²) >= 11 is 0. The third-order valence-corrected chi connectivity index (χ3v) is 5.29. The van der Waals surface area contributed by atoms with Gasteiger partial charge in [-0.05, 0) is 26.0 Å². The van der Waals surface area contributed by atoms with Crippen molar-refractivity contribution >= 4 is 17.6 Å². The van der Waals surface area contributed by atoms with Gasteiger partial charge >= 0.3 is 0 Å². The van der Waals surface area contributed by atoms with Crippen molar-refractivity contribution in [3.63, 3.8) is 0 Å². The number of fused-ring (bicyclic) bond motifs is 1. The zero-order chi connectivity index (χ0) is 15.4. The summed E-state index contributed by atoms with van der Waals surface area (Å²) in [5.74, 6) is 3.90. The molecule has 0 aromatic carbocycles. The number of anilines is 3. The van der Waals surface area contributed by atoms with Gasteiger partial charge in [-0.25, -0.2) is 4.98 Å². The third kappa shape index (κ3) is 2.35. The highest BCUT2D eigenvalue weighted by atomic mass is 15.4. The molecule has 7 heteroatoms. The van der Waals surface area contributed by atoms with Crippen LogP contribution in [0.25, 0.3) is 0 Å². The first-order valence-electron chi connectivity index (χ1n) is 8.37. The van der Waals surface area contributed by atoms with Crippen molar-refractivity contribution in [1.82, 2.24) is 25.1 Å². The molecule has 3 aliphatic rings. The van der Waals surface area contributed by atoms with Gasteiger partial charge in [0.2, 0.25) is 5.95 Å². The van der Waals surface area contributed by atoms with Crippen molar-refractivity contribution in [2.75, 3.05) is 36.9 Å². The smallest absolute Gasteiger partial charge is 0.227 e. The Morgan fingerprint density at radius 3 is 2.91 bits per heavy atom. The van der Waals surface area contributed by atoms with Crippen LogP contribution in [-0.2, 0) is 0 Å². The fourth-order valence-electron chi connectivity index (χ4n) is 3.77. The Kier molecular flexibility index (Phi) is 2.85. The van der Waals surface area contributed by atoms with Gasteiger partial charge in [-0.15, -0.1) is 0 Å². The monoisotopic (exact) mass is 311 g/mol. The van der Waals surface area contributed by atoms with Gasteiger partial charge < -0.3 is 15.1 Å². The van der Waals surface area contributed by atoms with Gasteiger partial charge in [-0.1, -0.05) is 0 Å². The maximum atomic E-state index is 4.67. The molecule has 0 bridgehead atoms. The highest BCUT2D eigenvalue weighted by molar-refractivity contribution is 5.54. The second-order valence-corrected chi connectivity index (χ2v) is 7.02. The van der Waals surface area contributed by atoms with Gasteiger partial charge in [0, 0.05) is 55.5 Å². The molecule has 2 saturated heterocycles. The molecule has 0 spiro atoms. The van der Waals surface area contributed by atoms with Gasteiger partial charge in [0.15, 0.2) is 5.82 Å². The number of nitrogens with one attached hydrogen (secondary N) is 2. The number of rotatable bonds is 4. The normalized spacial score (nSPS) is 26.9. The molecule has 2 aliphatic heterocycles. The Balaban J connectivity index is 1.31. The van der Waals surface area contributed by atoms with E-state index in [2.05, 4.69) is 48.4 Å². The lowest BCUT2D eigenvalue weighted by atomic mass is 9.93. The average molecular weight is 311 g/mol. The lowest BCUT2D eigenvalue weighted by Crippen LogP contribution is -2.52. The van der Waals surface area contributed by atoms with Crippen molar-refractivity contribution in [3.05, 3.63) is 24.0 Å². The minimum absolute atomic E-state index is 0.669. The number of likely N-dealkylation sites (tertiary alicyclic amines) is 1. The standard InChI is InChI=1S/C16H21N7/c1-22-7-11-8-23(9-13(11)22)16-17-5-4-14(19-16)18-15-6-12(20-21-15)10-2-3-10/h4-6,10-11,13H,2-3,7-9H2,1H3,(H2,17,18,19,20,21)/t11-,13+/m1/s1. The maximum absolute atomic E-state index is 4.67. The molecule has 1 saturated carbocycles. The summed E-state index contributed by atoms with van der Waals surface area (Å²) in [5.41, 5.74) is 1.22. The van der Waals surface area contributed by atoms with Crippen LogP contribution in [-0.4, -0.2) is 57.8 Å². The average Bonchev–Trinajstić information content (AvgIpc) is 3.20. The van der Waals surface area contributed by atoms with Crippen LogP contribution in [0, 0.1) is 5.92 Å². The Morgan fingerprint density at radius 1 is 1.22 bits per heavy atom. The largest absolute Gasteiger partial charge is 0.339 e. The molecule has 23 heavy (non-hydrogen) atoms. The van der Waals surface area contributed by atoms with Crippen molar-refractivity contribution in [3.8, 4) is 0 Å². The van der Waals surface area contributed by atoms with Crippen molar-refractivity contribution in [2.45, 2.75) is 24.8 Å². The summed E-state index contributed by atoms with van der Waals surface area (Å²) in [5, 5.41) is 10.7. The van der Waals surface area contributed by atoms with Crippen molar-refractivity contribution in [1.29, 1.82) is 0 Å². The molecule has 0 radical (unpaired) electrons. The van der Waals surface area contributed by atoms with Gasteiger partial charge in [-0.2, -0.15) is 10.1 Å². The molecule has 5 rings (SSSR count). The molecule has 7 nitrogen and oxygen atoms in total. The molecule has 2 aromatic heterocycles. The quantitative estimate of drug-likeness (QED) is 0.893. The molecular formula is C16H21N7.